The third kappa shape index (κ3) is 25.9. The van der Waals surface area contributed by atoms with Crippen molar-refractivity contribution < 1.29 is 62.3 Å². The van der Waals surface area contributed by atoms with E-state index < -0.39 is 46.1 Å². The van der Waals surface area contributed by atoms with Gasteiger partial charge in [0.05, 0.1) is 19.6 Å². The Bertz CT molecular complexity index is 1160. The second kappa shape index (κ2) is 26.2. The molecule has 2 saturated heterocycles. The monoisotopic (exact) mass is 855 g/mol. The fourth-order valence-electron chi connectivity index (χ4n) is 4.27. The highest BCUT2D eigenvalue weighted by atomic mass is 28.4. The van der Waals surface area contributed by atoms with E-state index in [1.165, 1.54) is 4.90 Å². The number of carbonyl (C=O) groups is 4. The Labute approximate surface area is 346 Å². The Morgan fingerprint density at radius 3 is 1.40 bits per heavy atom. The minimum atomic E-state index is -1.77. The smallest absolute Gasteiger partial charge is 0.412 e. The number of aliphatic carboxylic acids is 1. The normalized spacial score (nSPS) is 18.1. The molecule has 2 rings (SSSR count). The molecule has 0 radical (unpaired) electrons. The predicted molar refractivity (Wildman–Crippen MR) is 227 cm³/mol. The summed E-state index contributed by atoms with van der Waals surface area (Å²) in [5.41, 5.74) is -1.08. The number of amides is 2. The molecule has 0 aliphatic carbocycles. The number of hydrogen-bond acceptors (Lipinski definition) is 12. The molecule has 2 fully saturated rings. The zero-order valence-electron chi connectivity index (χ0n) is 38.5. The fraction of sp³-hybridized carbons (Fsp3) is 0.900. The van der Waals surface area contributed by atoms with E-state index in [2.05, 4.69) is 67.7 Å². The predicted octanol–water partition coefficient (Wildman–Crippen LogP) is 7.78. The molecule has 2 heterocycles. The molecule has 2 atom stereocenters. The van der Waals surface area contributed by atoms with Crippen molar-refractivity contribution in [1.29, 1.82) is 0 Å². The Balaban J connectivity index is 0. The number of nitrogens with zero attached hydrogens (tertiary/aromatic N) is 2. The van der Waals surface area contributed by atoms with Gasteiger partial charge in [-0.1, -0.05) is 41.5 Å². The van der Waals surface area contributed by atoms with Crippen LogP contribution in [-0.4, -0.2) is 143 Å². The van der Waals surface area contributed by atoms with Gasteiger partial charge in [-0.05, 0) is 97.1 Å². The van der Waals surface area contributed by atoms with Crippen LogP contribution in [0.5, 0.6) is 0 Å². The number of aliphatic hydroxyl groups is 2. The second-order valence-electron chi connectivity index (χ2n) is 19.1. The van der Waals surface area contributed by atoms with Gasteiger partial charge in [0.25, 0.3) is 0 Å². The van der Waals surface area contributed by atoms with Gasteiger partial charge in [-0.2, -0.15) is 0 Å². The molecule has 2 amide bonds. The molecule has 0 aromatic carbocycles. The van der Waals surface area contributed by atoms with Crippen LogP contribution in [0.2, 0.25) is 36.3 Å². The summed E-state index contributed by atoms with van der Waals surface area (Å²) in [5, 5.41) is 25.0. The number of carbonyl (C=O) groups excluding carboxylic acids is 3. The SMILES string of the molecule is CC(C)(C)OC(=O)N1CCCOC1CC(=O)O.CC(C)(C)OC(=O)N1CCCOC1CCO[Si](C)(C)C(C)(C)C.CC(C)(C)[Si](C)(C)OCCC=O.OCCCO. The zero-order chi connectivity index (χ0) is 44.9. The molecule has 0 bridgehead atoms. The van der Waals surface area contributed by atoms with E-state index in [1.807, 2.05) is 20.8 Å². The molecule has 2 aliphatic heterocycles. The first-order valence-corrected chi connectivity index (χ1v) is 26.0. The highest BCUT2D eigenvalue weighted by Crippen LogP contribution is 2.37. The molecule has 0 aromatic rings. The van der Waals surface area contributed by atoms with E-state index in [0.29, 0.717) is 65.2 Å². The van der Waals surface area contributed by atoms with Gasteiger partial charge in [0.2, 0.25) is 0 Å². The Kier molecular flexibility index (Phi) is 26.1. The van der Waals surface area contributed by atoms with Gasteiger partial charge in [-0.15, -0.1) is 0 Å². The Morgan fingerprint density at radius 2 is 1.07 bits per heavy atom. The number of hydrogen-bond donors (Lipinski definition) is 3. The summed E-state index contributed by atoms with van der Waals surface area (Å²) in [6, 6.07) is 0. The number of rotatable bonds is 12. The lowest BCUT2D eigenvalue weighted by atomic mass is 10.2. The van der Waals surface area contributed by atoms with E-state index >= 15 is 0 Å². The van der Waals surface area contributed by atoms with E-state index in [4.69, 9.17) is 43.1 Å². The zero-order valence-corrected chi connectivity index (χ0v) is 40.5. The molecule has 0 spiro atoms. The Morgan fingerprint density at radius 1 is 0.684 bits per heavy atom. The summed E-state index contributed by atoms with van der Waals surface area (Å²) in [6.07, 6.45) is 2.14. The largest absolute Gasteiger partial charge is 0.481 e. The van der Waals surface area contributed by atoms with Crippen LogP contribution >= 0.6 is 0 Å². The summed E-state index contributed by atoms with van der Waals surface area (Å²) in [7, 11) is -3.37. The second-order valence-corrected chi connectivity index (χ2v) is 28.7. The number of ether oxygens (including phenoxy) is 4. The van der Waals surface area contributed by atoms with Gasteiger partial charge in [-0.25, -0.2) is 9.59 Å². The van der Waals surface area contributed by atoms with Crippen LogP contribution in [0.3, 0.4) is 0 Å². The summed E-state index contributed by atoms with van der Waals surface area (Å²) in [6.45, 7) is 36.7. The van der Waals surface area contributed by atoms with Crippen molar-refractivity contribution in [2.75, 3.05) is 52.7 Å². The highest BCUT2D eigenvalue weighted by molar-refractivity contribution is 6.74. The molecule has 2 aliphatic rings. The maximum absolute atomic E-state index is 12.3. The van der Waals surface area contributed by atoms with Crippen LogP contribution in [0.15, 0.2) is 0 Å². The van der Waals surface area contributed by atoms with Crippen LogP contribution in [0.25, 0.3) is 0 Å². The van der Waals surface area contributed by atoms with Crippen molar-refractivity contribution in [2.24, 2.45) is 0 Å². The third-order valence-corrected chi connectivity index (χ3v) is 18.5. The van der Waals surface area contributed by atoms with Gasteiger partial charge in [0.15, 0.2) is 16.6 Å². The van der Waals surface area contributed by atoms with E-state index in [0.717, 1.165) is 12.7 Å². The molecular formula is C40H82N2O13Si2. The number of carboxylic acid groups (broad SMARTS) is 1. The van der Waals surface area contributed by atoms with Crippen molar-refractivity contribution in [3.8, 4) is 0 Å². The van der Waals surface area contributed by atoms with Gasteiger partial charge in [0, 0.05) is 52.4 Å². The minimum Gasteiger partial charge on any atom is -0.481 e. The molecule has 2 unspecified atom stereocenters. The average Bonchev–Trinajstić information content (AvgIpc) is 3.03. The average molecular weight is 855 g/mol. The molecule has 0 aromatic heterocycles. The molecule has 17 heteroatoms. The van der Waals surface area contributed by atoms with E-state index in [-0.39, 0.29) is 42.0 Å². The van der Waals surface area contributed by atoms with Crippen molar-refractivity contribution in [3.05, 3.63) is 0 Å². The summed E-state index contributed by atoms with van der Waals surface area (Å²) in [4.78, 5) is 47.9. The molecule has 338 valence electrons. The first-order valence-electron chi connectivity index (χ1n) is 20.2. The molecular weight excluding hydrogens is 773 g/mol. The third-order valence-electron chi connectivity index (χ3n) is 9.46. The first kappa shape index (κ1) is 57.0. The van der Waals surface area contributed by atoms with E-state index in [1.54, 1.807) is 25.7 Å². The van der Waals surface area contributed by atoms with Gasteiger partial charge in [0.1, 0.15) is 29.9 Å². The lowest BCUT2D eigenvalue weighted by Gasteiger charge is -2.39. The van der Waals surface area contributed by atoms with Gasteiger partial charge < -0.3 is 47.9 Å². The van der Waals surface area contributed by atoms with Crippen molar-refractivity contribution in [1.82, 2.24) is 9.80 Å². The highest BCUT2D eigenvalue weighted by Gasteiger charge is 2.39. The quantitative estimate of drug-likeness (QED) is 0.0981. The molecule has 3 N–H and O–H groups in total. The van der Waals surface area contributed by atoms with Gasteiger partial charge >= 0.3 is 18.2 Å². The number of aldehydes is 1. The number of aliphatic hydroxyl groups excluding tert-OH is 2. The van der Waals surface area contributed by atoms with Crippen LogP contribution < -0.4 is 0 Å². The number of carboxylic acids is 1. The van der Waals surface area contributed by atoms with Crippen molar-refractivity contribution in [3.63, 3.8) is 0 Å². The first-order chi connectivity index (χ1) is 25.9. The molecule has 0 saturated carbocycles. The van der Waals surface area contributed by atoms with Crippen molar-refractivity contribution in [2.45, 2.75) is 182 Å². The molecule has 15 nitrogen and oxygen atoms in total. The van der Waals surface area contributed by atoms with Crippen molar-refractivity contribution >= 4 is 41.1 Å². The summed E-state index contributed by atoms with van der Waals surface area (Å²) >= 11 is 0. The maximum Gasteiger partial charge on any atom is 0.412 e. The molecule has 57 heavy (non-hydrogen) atoms. The van der Waals surface area contributed by atoms with E-state index in [9.17, 15) is 19.2 Å². The minimum absolute atomic E-state index is 0.0938. The summed E-state index contributed by atoms with van der Waals surface area (Å²) in [5.74, 6) is -0.995. The summed E-state index contributed by atoms with van der Waals surface area (Å²) < 4.78 is 33.7. The fourth-order valence-corrected chi connectivity index (χ4v) is 6.40. The van der Waals surface area contributed by atoms with Crippen LogP contribution in [-0.2, 0) is 37.4 Å². The Hall–Kier alpha value is -2.13. The van der Waals surface area contributed by atoms with Crippen LogP contribution in [0.1, 0.15) is 122 Å². The van der Waals surface area contributed by atoms with Crippen LogP contribution in [0.4, 0.5) is 9.59 Å². The van der Waals surface area contributed by atoms with Gasteiger partial charge in [-0.3, -0.25) is 14.6 Å². The lowest BCUT2D eigenvalue weighted by molar-refractivity contribution is -0.148. The standard InChI is InChI=1S/C17H35NO4Si.C11H19NO5.C9H20O2Si.C3H8O2/c1-16(2,3)22-15(19)18-11-9-12-20-14(18)10-13-21-23(7,8)17(4,5)6;1-11(2,3)17-10(15)12-5-4-6-16-8(12)7-9(13)14;1-9(2,3)12(4,5)11-8-6-7-10;4-2-1-3-5/h14H,9-13H2,1-8H3;8H,4-7H2,1-3H3,(H,13,14);7H,6,8H2,1-5H3;4-5H,1-3H2. The topological polar surface area (TPSA) is 191 Å². The maximum atomic E-state index is 12.3. The van der Waals surface area contributed by atoms with Crippen LogP contribution in [0, 0.1) is 0 Å². The lowest BCUT2D eigenvalue weighted by Crippen LogP contribution is -2.49.